The lowest BCUT2D eigenvalue weighted by atomic mass is 9.87. The van der Waals surface area contributed by atoms with E-state index in [1.807, 2.05) is 73.3 Å². The highest BCUT2D eigenvalue weighted by Crippen LogP contribution is 2.40. The van der Waals surface area contributed by atoms with E-state index in [0.717, 1.165) is 46.1 Å². The largest absolute Gasteiger partial charge is 0.496 e. The maximum atomic E-state index is 12.6. The van der Waals surface area contributed by atoms with E-state index in [4.69, 9.17) is 18.9 Å². The molecule has 0 aromatic heterocycles. The van der Waals surface area contributed by atoms with Crippen molar-refractivity contribution in [1.82, 2.24) is 4.90 Å². The van der Waals surface area contributed by atoms with Gasteiger partial charge in [-0.3, -0.25) is 4.79 Å². The topological polar surface area (TPSA) is 57.2 Å². The van der Waals surface area contributed by atoms with Crippen molar-refractivity contribution in [3.63, 3.8) is 0 Å². The van der Waals surface area contributed by atoms with Gasteiger partial charge in [0.2, 0.25) is 12.7 Å². The van der Waals surface area contributed by atoms with Crippen LogP contribution in [0.2, 0.25) is 0 Å². The molecule has 184 valence electrons. The maximum Gasteiger partial charge on any atom is 0.231 e. The Balaban J connectivity index is 1.55. The molecule has 1 aliphatic rings. The monoisotopic (exact) mass is 475 g/mol. The molecule has 35 heavy (non-hydrogen) atoms. The zero-order valence-electron chi connectivity index (χ0n) is 20.8. The van der Waals surface area contributed by atoms with Crippen LogP contribution in [0.3, 0.4) is 0 Å². The van der Waals surface area contributed by atoms with Gasteiger partial charge in [0, 0.05) is 31.5 Å². The number of methoxy groups -OCH3 is 1. The predicted octanol–water partition coefficient (Wildman–Crippen LogP) is 5.78. The highest BCUT2D eigenvalue weighted by molar-refractivity contribution is 5.73. The summed E-state index contributed by atoms with van der Waals surface area (Å²) in [5.41, 5.74) is 3.23. The van der Waals surface area contributed by atoms with Gasteiger partial charge in [-0.25, -0.2) is 0 Å². The average molecular weight is 476 g/mol. The van der Waals surface area contributed by atoms with Crippen LogP contribution in [0.15, 0.2) is 66.7 Å². The van der Waals surface area contributed by atoms with Gasteiger partial charge in [0.05, 0.1) is 13.2 Å². The van der Waals surface area contributed by atoms with Crippen molar-refractivity contribution in [2.75, 3.05) is 20.4 Å². The van der Waals surface area contributed by atoms with Crippen molar-refractivity contribution in [1.29, 1.82) is 0 Å². The summed E-state index contributed by atoms with van der Waals surface area (Å²) < 4.78 is 22.6. The summed E-state index contributed by atoms with van der Waals surface area (Å²) in [4.78, 5) is 14.4. The Hall–Kier alpha value is -3.67. The average Bonchev–Trinajstić information content (AvgIpc) is 3.32. The molecule has 0 spiro atoms. The Labute approximate surface area is 207 Å². The first-order chi connectivity index (χ1) is 16.9. The smallest absolute Gasteiger partial charge is 0.231 e. The molecule has 0 N–H and O–H groups in total. The van der Waals surface area contributed by atoms with Crippen LogP contribution < -0.4 is 18.9 Å². The Bertz CT molecular complexity index is 1140. The van der Waals surface area contributed by atoms with Gasteiger partial charge < -0.3 is 23.8 Å². The van der Waals surface area contributed by atoms with Gasteiger partial charge in [-0.05, 0) is 61.7 Å². The molecular weight excluding hydrogens is 442 g/mol. The molecule has 4 rings (SSSR count). The summed E-state index contributed by atoms with van der Waals surface area (Å²) >= 11 is 0. The number of hydrogen-bond donors (Lipinski definition) is 0. The highest BCUT2D eigenvalue weighted by Gasteiger charge is 2.23. The minimum absolute atomic E-state index is 0.0179. The van der Waals surface area contributed by atoms with Crippen LogP contribution in [0.4, 0.5) is 0 Å². The predicted molar refractivity (Wildman–Crippen MR) is 135 cm³/mol. The lowest BCUT2D eigenvalue weighted by Crippen LogP contribution is -2.30. The van der Waals surface area contributed by atoms with Crippen LogP contribution in [-0.2, 0) is 11.3 Å². The highest BCUT2D eigenvalue weighted by atomic mass is 16.7. The van der Waals surface area contributed by atoms with Crippen molar-refractivity contribution in [3.8, 4) is 23.0 Å². The van der Waals surface area contributed by atoms with Crippen LogP contribution in [0.25, 0.3) is 0 Å². The Morgan fingerprint density at radius 3 is 2.46 bits per heavy atom. The molecule has 0 aliphatic carbocycles. The molecule has 6 heteroatoms. The molecule has 3 aromatic rings. The van der Waals surface area contributed by atoms with Crippen LogP contribution in [0.5, 0.6) is 23.0 Å². The van der Waals surface area contributed by atoms with Crippen LogP contribution in [0.1, 0.15) is 49.8 Å². The molecule has 1 atom stereocenters. The SMILES string of the molecule is COc1ccccc1C(CCN(Cc1ccc(OC(C)C)cc1)C(C)=O)c1ccc2c(c1)OCO2. The number of amides is 1. The normalized spacial score (nSPS) is 12.9. The Morgan fingerprint density at radius 2 is 1.74 bits per heavy atom. The first kappa shape index (κ1) is 24.5. The Kier molecular flexibility index (Phi) is 7.80. The molecule has 0 saturated heterocycles. The third kappa shape index (κ3) is 6.07. The number of nitrogens with zero attached hydrogens (tertiary/aromatic N) is 1. The molecule has 1 heterocycles. The fourth-order valence-corrected chi connectivity index (χ4v) is 4.38. The fraction of sp³-hybridized carbons (Fsp3) is 0.345. The molecule has 0 radical (unpaired) electrons. The molecule has 1 unspecified atom stereocenters. The van der Waals surface area contributed by atoms with E-state index in [0.29, 0.717) is 13.1 Å². The lowest BCUT2D eigenvalue weighted by Gasteiger charge is -2.26. The van der Waals surface area contributed by atoms with Crippen molar-refractivity contribution >= 4 is 5.91 Å². The number of rotatable bonds is 10. The van der Waals surface area contributed by atoms with Crippen LogP contribution >= 0.6 is 0 Å². The first-order valence-corrected chi connectivity index (χ1v) is 12.0. The minimum Gasteiger partial charge on any atom is -0.496 e. The quantitative estimate of drug-likeness (QED) is 0.372. The van der Waals surface area contributed by atoms with Crippen LogP contribution in [0, 0.1) is 0 Å². The van der Waals surface area contributed by atoms with E-state index >= 15 is 0 Å². The van der Waals surface area contributed by atoms with Gasteiger partial charge in [-0.15, -0.1) is 0 Å². The molecule has 1 amide bonds. The molecule has 3 aromatic carbocycles. The number of fused-ring (bicyclic) bond motifs is 1. The van der Waals surface area contributed by atoms with Gasteiger partial charge in [0.15, 0.2) is 11.5 Å². The van der Waals surface area contributed by atoms with Crippen molar-refractivity contribution in [3.05, 3.63) is 83.4 Å². The van der Waals surface area contributed by atoms with E-state index in [2.05, 4.69) is 12.1 Å². The number of carbonyl (C=O) groups is 1. The summed E-state index contributed by atoms with van der Waals surface area (Å²) in [6, 6.07) is 22.0. The lowest BCUT2D eigenvalue weighted by molar-refractivity contribution is -0.129. The van der Waals surface area contributed by atoms with E-state index in [1.54, 1.807) is 14.0 Å². The standard InChI is InChI=1S/C29H33NO5/c1-20(2)35-24-12-9-22(10-13-24)18-30(21(3)31)16-15-25(26-7-5-6-8-27(26)32-4)23-11-14-28-29(17-23)34-19-33-28/h5-14,17,20,25H,15-16,18-19H2,1-4H3. The number of hydrogen-bond acceptors (Lipinski definition) is 5. The molecule has 0 saturated carbocycles. The molecule has 0 fully saturated rings. The number of ether oxygens (including phenoxy) is 4. The van der Waals surface area contributed by atoms with E-state index in [9.17, 15) is 4.79 Å². The summed E-state index contributed by atoms with van der Waals surface area (Å²) in [6.07, 6.45) is 0.853. The van der Waals surface area contributed by atoms with Crippen molar-refractivity contribution in [2.24, 2.45) is 0 Å². The second kappa shape index (κ2) is 11.2. The summed E-state index contributed by atoms with van der Waals surface area (Å²) in [5, 5.41) is 0. The molecule has 1 aliphatic heterocycles. The Morgan fingerprint density at radius 1 is 1.00 bits per heavy atom. The van der Waals surface area contributed by atoms with Crippen molar-refractivity contribution in [2.45, 2.75) is 45.8 Å². The summed E-state index contributed by atoms with van der Waals surface area (Å²) in [7, 11) is 1.68. The molecule has 0 bridgehead atoms. The van der Waals surface area contributed by atoms with Gasteiger partial charge in [0.25, 0.3) is 0 Å². The zero-order chi connectivity index (χ0) is 24.8. The van der Waals surface area contributed by atoms with Crippen molar-refractivity contribution < 1.29 is 23.7 Å². The van der Waals surface area contributed by atoms with Crippen LogP contribution in [-0.4, -0.2) is 37.4 Å². The first-order valence-electron chi connectivity index (χ1n) is 12.0. The van der Waals surface area contributed by atoms with Gasteiger partial charge in [-0.1, -0.05) is 36.4 Å². The third-order valence-electron chi connectivity index (χ3n) is 6.11. The fourth-order valence-electron chi connectivity index (χ4n) is 4.38. The van der Waals surface area contributed by atoms with Gasteiger partial charge in [0.1, 0.15) is 11.5 Å². The van der Waals surface area contributed by atoms with Gasteiger partial charge in [-0.2, -0.15) is 0 Å². The maximum absolute atomic E-state index is 12.6. The van der Waals surface area contributed by atoms with E-state index in [-0.39, 0.29) is 24.7 Å². The zero-order valence-corrected chi connectivity index (χ0v) is 20.8. The minimum atomic E-state index is 0.0179. The third-order valence-corrected chi connectivity index (χ3v) is 6.11. The molecule has 6 nitrogen and oxygen atoms in total. The second-order valence-electron chi connectivity index (χ2n) is 8.95. The number of benzene rings is 3. The van der Waals surface area contributed by atoms with E-state index < -0.39 is 0 Å². The second-order valence-corrected chi connectivity index (χ2v) is 8.95. The number of para-hydroxylation sites is 1. The summed E-state index contributed by atoms with van der Waals surface area (Å²) in [6.45, 7) is 6.99. The van der Waals surface area contributed by atoms with E-state index in [1.165, 1.54) is 0 Å². The summed E-state index contributed by atoms with van der Waals surface area (Å²) in [5.74, 6) is 3.21. The molecular formula is C29H33NO5. The number of carbonyl (C=O) groups excluding carboxylic acids is 1. The van der Waals surface area contributed by atoms with Gasteiger partial charge >= 0.3 is 0 Å².